The summed E-state index contributed by atoms with van der Waals surface area (Å²) in [5.41, 5.74) is 4.46. The Morgan fingerprint density at radius 3 is 2.79 bits per heavy atom. The zero-order valence-corrected chi connectivity index (χ0v) is 16.1. The summed E-state index contributed by atoms with van der Waals surface area (Å²) in [5.74, 6) is 0.0436. The lowest BCUT2D eigenvalue weighted by Crippen LogP contribution is -2.57. The van der Waals surface area contributed by atoms with Gasteiger partial charge in [-0.15, -0.1) is 0 Å². The number of amides is 1. The maximum absolute atomic E-state index is 13.3. The van der Waals surface area contributed by atoms with E-state index in [0.717, 1.165) is 51.0 Å². The van der Waals surface area contributed by atoms with Crippen LogP contribution in [-0.4, -0.2) is 61.8 Å². The number of fused-ring (bicyclic) bond motifs is 3. The minimum absolute atomic E-state index is 0.0436. The molecule has 7 nitrogen and oxygen atoms in total. The highest BCUT2D eigenvalue weighted by atomic mass is 16.2. The normalized spacial score (nSPS) is 19.1. The predicted molar refractivity (Wildman–Crippen MR) is 106 cm³/mol. The van der Waals surface area contributed by atoms with Gasteiger partial charge in [0.05, 0.1) is 28.6 Å². The Labute approximate surface area is 163 Å². The Morgan fingerprint density at radius 2 is 1.96 bits per heavy atom. The minimum Gasteiger partial charge on any atom is -0.348 e. The van der Waals surface area contributed by atoms with Crippen LogP contribution in [0, 0.1) is 0 Å². The Balaban J connectivity index is 1.42. The first-order valence-electron chi connectivity index (χ1n) is 10.00. The van der Waals surface area contributed by atoms with Gasteiger partial charge in [-0.3, -0.25) is 19.7 Å². The number of aromatic amines is 1. The van der Waals surface area contributed by atoms with E-state index in [1.807, 2.05) is 29.4 Å². The van der Waals surface area contributed by atoms with Gasteiger partial charge in [-0.25, -0.2) is 4.98 Å². The van der Waals surface area contributed by atoms with Crippen molar-refractivity contribution in [3.05, 3.63) is 53.9 Å². The van der Waals surface area contributed by atoms with Crippen LogP contribution >= 0.6 is 0 Å². The Hall–Kier alpha value is -2.80. The SMILES string of the molecule is CCN1CCc2[nH]cnc2C12CCN(C(=O)c1cccc3nccnc13)CC2. The van der Waals surface area contributed by atoms with Gasteiger partial charge in [0.15, 0.2) is 0 Å². The maximum atomic E-state index is 13.3. The first kappa shape index (κ1) is 17.3. The van der Waals surface area contributed by atoms with Gasteiger partial charge in [0.2, 0.25) is 0 Å². The molecule has 2 aliphatic heterocycles. The van der Waals surface area contributed by atoms with Crippen molar-refractivity contribution in [1.29, 1.82) is 0 Å². The Kier molecular flexibility index (Phi) is 4.12. The van der Waals surface area contributed by atoms with Gasteiger partial charge in [0, 0.05) is 44.1 Å². The Morgan fingerprint density at radius 1 is 1.14 bits per heavy atom. The highest BCUT2D eigenvalue weighted by molar-refractivity contribution is 6.04. The average molecular weight is 376 g/mol. The summed E-state index contributed by atoms with van der Waals surface area (Å²) in [5, 5.41) is 0. The zero-order valence-electron chi connectivity index (χ0n) is 16.1. The van der Waals surface area contributed by atoms with Crippen molar-refractivity contribution in [2.24, 2.45) is 0 Å². The zero-order chi connectivity index (χ0) is 19.1. The molecule has 1 amide bonds. The van der Waals surface area contributed by atoms with Gasteiger partial charge in [-0.2, -0.15) is 0 Å². The molecule has 1 aromatic carbocycles. The fourth-order valence-electron chi connectivity index (χ4n) is 4.95. The van der Waals surface area contributed by atoms with E-state index in [2.05, 4.69) is 31.8 Å². The second kappa shape index (κ2) is 6.67. The van der Waals surface area contributed by atoms with Crippen LogP contribution in [0.4, 0.5) is 0 Å². The number of nitrogens with zero attached hydrogens (tertiary/aromatic N) is 5. The number of likely N-dealkylation sites (tertiary alicyclic amines) is 1. The third-order valence-corrected chi connectivity index (χ3v) is 6.38. The van der Waals surface area contributed by atoms with Crippen molar-refractivity contribution in [2.45, 2.75) is 31.7 Å². The molecular weight excluding hydrogens is 352 g/mol. The molecule has 0 bridgehead atoms. The Bertz CT molecular complexity index is 1020. The number of H-pyrrole nitrogens is 1. The number of aromatic nitrogens is 4. The molecular formula is C21H24N6O. The van der Waals surface area contributed by atoms with Crippen LogP contribution < -0.4 is 0 Å². The molecule has 0 saturated carbocycles. The van der Waals surface area contributed by atoms with Gasteiger partial charge < -0.3 is 9.88 Å². The summed E-state index contributed by atoms with van der Waals surface area (Å²) in [6, 6.07) is 5.63. The number of rotatable bonds is 2. The van der Waals surface area contributed by atoms with E-state index in [1.54, 1.807) is 12.4 Å². The number of likely N-dealkylation sites (N-methyl/N-ethyl adjacent to an activating group) is 1. The molecule has 1 saturated heterocycles. The van der Waals surface area contributed by atoms with Crippen LogP contribution in [0.25, 0.3) is 11.0 Å². The van der Waals surface area contributed by atoms with E-state index >= 15 is 0 Å². The van der Waals surface area contributed by atoms with Gasteiger partial charge in [0.25, 0.3) is 5.91 Å². The van der Waals surface area contributed by atoms with Crippen molar-refractivity contribution in [2.75, 3.05) is 26.2 Å². The summed E-state index contributed by atoms with van der Waals surface area (Å²) in [6.45, 7) is 5.69. The van der Waals surface area contributed by atoms with Crippen LogP contribution in [0.5, 0.6) is 0 Å². The number of imidazole rings is 1. The summed E-state index contributed by atoms with van der Waals surface area (Å²) < 4.78 is 0. The van der Waals surface area contributed by atoms with Crippen LogP contribution in [0.15, 0.2) is 36.9 Å². The standard InChI is InChI=1S/C21H24N6O/c1-2-27-11-6-17-19(25-14-24-17)21(27)7-12-26(13-8-21)20(28)15-4-3-5-16-18(15)23-10-9-22-16/h3-5,9-10,14H,2,6-8,11-13H2,1H3,(H,24,25). The number of hydrogen-bond acceptors (Lipinski definition) is 5. The number of carbonyl (C=O) groups is 1. The van der Waals surface area contributed by atoms with Crippen LogP contribution in [-0.2, 0) is 12.0 Å². The molecule has 2 aliphatic rings. The highest BCUT2D eigenvalue weighted by Crippen LogP contribution is 2.42. The fraction of sp³-hybridized carbons (Fsp3) is 0.429. The van der Waals surface area contributed by atoms with Crippen LogP contribution in [0.3, 0.4) is 0 Å². The van der Waals surface area contributed by atoms with Crippen molar-refractivity contribution in [1.82, 2.24) is 29.7 Å². The van der Waals surface area contributed by atoms with E-state index in [4.69, 9.17) is 0 Å². The molecule has 1 spiro atoms. The molecule has 0 unspecified atom stereocenters. The minimum atomic E-state index is -0.0579. The molecule has 4 heterocycles. The molecule has 1 N–H and O–H groups in total. The van der Waals surface area contributed by atoms with Crippen LogP contribution in [0.1, 0.15) is 41.5 Å². The number of piperidine rings is 1. The summed E-state index contributed by atoms with van der Waals surface area (Å²) in [6.07, 6.45) is 7.94. The number of hydrogen-bond donors (Lipinski definition) is 1. The van der Waals surface area contributed by atoms with Crippen LogP contribution in [0.2, 0.25) is 0 Å². The molecule has 0 atom stereocenters. The number of benzene rings is 1. The van der Waals surface area contributed by atoms with E-state index in [-0.39, 0.29) is 11.4 Å². The summed E-state index contributed by atoms with van der Waals surface area (Å²) >= 11 is 0. The summed E-state index contributed by atoms with van der Waals surface area (Å²) in [4.78, 5) is 34.5. The fourth-order valence-corrected chi connectivity index (χ4v) is 4.95. The second-order valence-corrected chi connectivity index (χ2v) is 7.61. The first-order chi connectivity index (χ1) is 13.7. The van der Waals surface area contributed by atoms with Crippen molar-refractivity contribution in [3.8, 4) is 0 Å². The number of para-hydroxylation sites is 1. The smallest absolute Gasteiger partial charge is 0.256 e. The highest BCUT2D eigenvalue weighted by Gasteiger charge is 2.46. The lowest BCUT2D eigenvalue weighted by atomic mass is 9.78. The monoisotopic (exact) mass is 376 g/mol. The van der Waals surface area contributed by atoms with Gasteiger partial charge in [0.1, 0.15) is 5.52 Å². The van der Waals surface area contributed by atoms with E-state index in [9.17, 15) is 4.79 Å². The van der Waals surface area contributed by atoms with Gasteiger partial charge in [-0.1, -0.05) is 13.0 Å². The third kappa shape index (κ3) is 2.53. The lowest BCUT2D eigenvalue weighted by Gasteiger charge is -2.50. The van der Waals surface area contributed by atoms with E-state index < -0.39 is 0 Å². The number of carbonyl (C=O) groups excluding carboxylic acids is 1. The second-order valence-electron chi connectivity index (χ2n) is 7.61. The molecule has 28 heavy (non-hydrogen) atoms. The molecule has 144 valence electrons. The quantitative estimate of drug-likeness (QED) is 0.743. The van der Waals surface area contributed by atoms with Crippen molar-refractivity contribution < 1.29 is 4.79 Å². The molecule has 0 radical (unpaired) electrons. The molecule has 2 aromatic heterocycles. The molecule has 0 aliphatic carbocycles. The van der Waals surface area contributed by atoms with E-state index in [0.29, 0.717) is 11.1 Å². The van der Waals surface area contributed by atoms with Gasteiger partial charge >= 0.3 is 0 Å². The predicted octanol–water partition coefficient (Wildman–Crippen LogP) is 2.36. The molecule has 3 aromatic rings. The third-order valence-electron chi connectivity index (χ3n) is 6.38. The topological polar surface area (TPSA) is 78.0 Å². The molecule has 1 fully saturated rings. The number of nitrogens with one attached hydrogen (secondary N) is 1. The van der Waals surface area contributed by atoms with Crippen molar-refractivity contribution >= 4 is 16.9 Å². The van der Waals surface area contributed by atoms with Crippen molar-refractivity contribution in [3.63, 3.8) is 0 Å². The maximum Gasteiger partial charge on any atom is 0.256 e. The molecule has 5 rings (SSSR count). The largest absolute Gasteiger partial charge is 0.348 e. The summed E-state index contributed by atoms with van der Waals surface area (Å²) in [7, 11) is 0. The van der Waals surface area contributed by atoms with E-state index in [1.165, 1.54) is 11.4 Å². The van der Waals surface area contributed by atoms with Gasteiger partial charge in [-0.05, 0) is 31.5 Å². The first-order valence-corrected chi connectivity index (χ1v) is 10.00. The average Bonchev–Trinajstić information content (AvgIpc) is 3.24. The lowest BCUT2D eigenvalue weighted by molar-refractivity contribution is 0.0103. The molecule has 7 heteroatoms.